The van der Waals surface area contributed by atoms with Crippen molar-refractivity contribution in [2.24, 2.45) is 0 Å². The summed E-state index contributed by atoms with van der Waals surface area (Å²) < 4.78 is 93.4. The minimum atomic E-state index is -4.10. The molecule has 0 heterocycles. The van der Waals surface area contributed by atoms with Crippen LogP contribution in [0.5, 0.6) is 0 Å². The molecule has 45 heavy (non-hydrogen) atoms. The van der Waals surface area contributed by atoms with E-state index in [1.165, 1.54) is 0 Å². The molecule has 2 aromatic carbocycles. The number of unbranched alkanes of at least 4 members (excludes halogenated alkanes) is 2. The molecule has 0 saturated heterocycles. The first-order chi connectivity index (χ1) is 21.3. The number of halogens is 4. The van der Waals surface area contributed by atoms with Crippen molar-refractivity contribution in [2.75, 3.05) is 50.2 Å². The normalized spacial score (nSPS) is 12.2. The summed E-state index contributed by atoms with van der Waals surface area (Å²) in [6, 6.07) is 1.39. The summed E-state index contributed by atoms with van der Waals surface area (Å²) in [5.74, 6) is -3.22. The summed E-state index contributed by atoms with van der Waals surface area (Å²) in [5, 5.41) is 7.83. The Balaban J connectivity index is 1.89. The molecule has 15 heteroatoms. The number of sulfone groups is 1. The molecule has 0 aliphatic carbocycles. The van der Waals surface area contributed by atoms with Gasteiger partial charge in [-0.1, -0.05) is 26.7 Å². The van der Waals surface area contributed by atoms with Gasteiger partial charge >= 0.3 is 23.9 Å². The third kappa shape index (κ3) is 13.0. The van der Waals surface area contributed by atoms with Crippen LogP contribution < -0.4 is 21.3 Å². The predicted octanol–water partition coefficient (Wildman–Crippen LogP) is 5.17. The Labute approximate surface area is 261 Å². The highest BCUT2D eigenvalue weighted by Crippen LogP contribution is 2.25. The molecule has 0 spiro atoms. The number of alkyl halides is 4. The van der Waals surface area contributed by atoms with E-state index in [9.17, 15) is 35.6 Å². The van der Waals surface area contributed by atoms with Crippen molar-refractivity contribution >= 4 is 33.0 Å². The van der Waals surface area contributed by atoms with Gasteiger partial charge in [0.15, 0.2) is 0 Å². The molecule has 0 atom stereocenters. The van der Waals surface area contributed by atoms with Gasteiger partial charge in [0.25, 0.3) is 0 Å². The average Bonchev–Trinajstić information content (AvgIpc) is 3.00. The van der Waals surface area contributed by atoms with Crippen molar-refractivity contribution in [3.8, 4) is 0 Å². The lowest BCUT2D eigenvalue weighted by Gasteiger charge is -2.18. The predicted molar refractivity (Wildman–Crippen MR) is 162 cm³/mol. The van der Waals surface area contributed by atoms with Gasteiger partial charge in [-0.05, 0) is 74.2 Å². The molecule has 2 aromatic rings. The molecule has 0 radical (unpaired) electrons. The second-order valence-electron chi connectivity index (χ2n) is 10.1. The number of carbonyl (C=O) groups excluding carboxylic acids is 2. The summed E-state index contributed by atoms with van der Waals surface area (Å²) in [4.78, 5) is 23.7. The SMILES string of the molecule is CCCCOCCCNC(F)(F)C(=O)Nc1ccc(S(=O)(=O)c2ccc(NC(=O)C(F)(F)NCCCOCCCC)cc2)cc1. The molecule has 10 nitrogen and oxygen atoms in total. The van der Waals surface area contributed by atoms with Crippen LogP contribution in [-0.2, 0) is 28.9 Å². The Morgan fingerprint density at radius 2 is 0.956 bits per heavy atom. The minimum Gasteiger partial charge on any atom is -0.381 e. The fraction of sp³-hybridized carbons (Fsp3) is 0.533. The van der Waals surface area contributed by atoms with Crippen LogP contribution in [0.4, 0.5) is 28.9 Å². The second kappa shape index (κ2) is 18.8. The Morgan fingerprint density at radius 1 is 0.622 bits per heavy atom. The van der Waals surface area contributed by atoms with Gasteiger partial charge in [0.2, 0.25) is 9.84 Å². The number of amides is 2. The van der Waals surface area contributed by atoms with Crippen molar-refractivity contribution in [3.63, 3.8) is 0 Å². The van der Waals surface area contributed by atoms with Gasteiger partial charge in [-0.25, -0.2) is 19.1 Å². The molecular formula is C30H42F4N4O6S. The quantitative estimate of drug-likeness (QED) is 0.0771. The van der Waals surface area contributed by atoms with Crippen molar-refractivity contribution in [1.29, 1.82) is 0 Å². The highest BCUT2D eigenvalue weighted by atomic mass is 32.2. The molecule has 0 fully saturated rings. The maximum absolute atomic E-state index is 14.2. The lowest BCUT2D eigenvalue weighted by atomic mass is 10.3. The van der Waals surface area contributed by atoms with E-state index < -0.39 is 33.7 Å². The Kier molecular flexibility index (Phi) is 15.9. The van der Waals surface area contributed by atoms with Crippen molar-refractivity contribution in [1.82, 2.24) is 10.6 Å². The summed E-state index contributed by atoms with van der Waals surface area (Å²) >= 11 is 0. The van der Waals surface area contributed by atoms with E-state index >= 15 is 0 Å². The first-order valence-corrected chi connectivity index (χ1v) is 16.3. The molecule has 2 rings (SSSR count). The zero-order chi connectivity index (χ0) is 33.3. The molecule has 4 N–H and O–H groups in total. The fourth-order valence-electron chi connectivity index (χ4n) is 3.69. The number of hydrogen-bond donors (Lipinski definition) is 4. The Bertz CT molecular complexity index is 1200. The smallest absolute Gasteiger partial charge is 0.381 e. The highest BCUT2D eigenvalue weighted by Gasteiger charge is 2.39. The summed E-state index contributed by atoms with van der Waals surface area (Å²) in [6.07, 6.45) is 4.22. The molecule has 2 amide bonds. The number of nitrogens with one attached hydrogen (secondary N) is 4. The summed E-state index contributed by atoms with van der Waals surface area (Å²) in [7, 11) is -4.10. The lowest BCUT2D eigenvalue weighted by Crippen LogP contribution is -2.48. The Hall–Kier alpha value is -3.11. The zero-order valence-electron chi connectivity index (χ0n) is 25.5. The lowest BCUT2D eigenvalue weighted by molar-refractivity contribution is -0.144. The molecule has 0 aromatic heterocycles. The number of rotatable bonds is 22. The number of carbonyl (C=O) groups is 2. The van der Waals surface area contributed by atoms with E-state index in [1.807, 2.05) is 35.1 Å². The van der Waals surface area contributed by atoms with Crippen LogP contribution in [0.15, 0.2) is 58.3 Å². The second-order valence-corrected chi connectivity index (χ2v) is 12.1. The molecule has 0 aliphatic rings. The van der Waals surface area contributed by atoms with Crippen molar-refractivity contribution in [2.45, 2.75) is 74.3 Å². The van der Waals surface area contributed by atoms with Crippen LogP contribution in [-0.4, -0.2) is 71.8 Å². The third-order valence-electron chi connectivity index (χ3n) is 6.32. The van der Waals surface area contributed by atoms with Crippen LogP contribution in [0.2, 0.25) is 0 Å². The van der Waals surface area contributed by atoms with Crippen LogP contribution >= 0.6 is 0 Å². The van der Waals surface area contributed by atoms with Crippen LogP contribution in [0.25, 0.3) is 0 Å². The van der Waals surface area contributed by atoms with Crippen molar-refractivity contribution < 1.29 is 45.0 Å². The first-order valence-electron chi connectivity index (χ1n) is 14.8. The van der Waals surface area contributed by atoms with Crippen molar-refractivity contribution in [3.05, 3.63) is 48.5 Å². The maximum atomic E-state index is 14.2. The van der Waals surface area contributed by atoms with Gasteiger partial charge in [-0.2, -0.15) is 17.6 Å². The maximum Gasteiger partial charge on any atom is 0.381 e. The van der Waals surface area contributed by atoms with Gasteiger partial charge in [0.1, 0.15) is 0 Å². The van der Waals surface area contributed by atoms with E-state index in [4.69, 9.17) is 9.47 Å². The standard InChI is InChI=1S/C30H42F4N4O6S/c1-3-5-19-43-21-7-17-35-29(31,32)27(39)37-23-9-13-25(14-10-23)45(41,42)26-15-11-24(12-16-26)38-28(40)30(33,34)36-18-8-22-44-20-6-4-2/h9-16,35-36H,3-8,17-22H2,1-2H3,(H,37,39)(H,38,40). The van der Waals surface area contributed by atoms with E-state index in [2.05, 4.69) is 0 Å². The number of hydrogen-bond acceptors (Lipinski definition) is 8. The van der Waals surface area contributed by atoms with Crippen LogP contribution in [0.3, 0.4) is 0 Å². The Morgan fingerprint density at radius 3 is 1.29 bits per heavy atom. The zero-order valence-corrected chi connectivity index (χ0v) is 26.3. The largest absolute Gasteiger partial charge is 0.381 e. The topological polar surface area (TPSA) is 135 Å². The number of ether oxygens (including phenoxy) is 2. The third-order valence-corrected chi connectivity index (χ3v) is 8.11. The van der Waals surface area contributed by atoms with E-state index in [0.29, 0.717) is 13.2 Å². The summed E-state index contributed by atoms with van der Waals surface area (Å²) in [6.45, 7) is 5.34. The molecular weight excluding hydrogens is 620 g/mol. The van der Waals surface area contributed by atoms with E-state index in [0.717, 1.165) is 74.2 Å². The molecule has 0 unspecified atom stereocenters. The van der Waals surface area contributed by atoms with Gasteiger partial charge < -0.3 is 20.1 Å². The molecule has 252 valence electrons. The van der Waals surface area contributed by atoms with Crippen LogP contribution in [0, 0.1) is 0 Å². The van der Waals surface area contributed by atoms with Gasteiger partial charge in [-0.15, -0.1) is 0 Å². The minimum absolute atomic E-state index is 0.0556. The molecule has 0 aliphatic heterocycles. The monoisotopic (exact) mass is 662 g/mol. The van der Waals surface area contributed by atoms with Gasteiger partial charge in [-0.3, -0.25) is 9.59 Å². The number of benzene rings is 2. The van der Waals surface area contributed by atoms with Gasteiger partial charge in [0, 0.05) is 50.9 Å². The highest BCUT2D eigenvalue weighted by molar-refractivity contribution is 7.91. The van der Waals surface area contributed by atoms with Crippen LogP contribution in [0.1, 0.15) is 52.4 Å². The number of anilines is 2. The fourth-order valence-corrected chi connectivity index (χ4v) is 4.95. The molecule has 0 saturated carbocycles. The molecule has 0 bridgehead atoms. The van der Waals surface area contributed by atoms with Gasteiger partial charge in [0.05, 0.1) is 9.79 Å². The van der Waals surface area contributed by atoms with E-state index in [1.54, 1.807) is 0 Å². The van der Waals surface area contributed by atoms with E-state index in [-0.39, 0.29) is 60.3 Å². The summed E-state index contributed by atoms with van der Waals surface area (Å²) in [5.41, 5.74) is -0.111. The average molecular weight is 663 g/mol. The first kappa shape index (κ1) is 38.1.